The van der Waals surface area contributed by atoms with Crippen LogP contribution in [0.4, 0.5) is 0 Å². The van der Waals surface area contributed by atoms with E-state index in [1.54, 1.807) is 20.8 Å². The molecule has 0 radical (unpaired) electrons. The van der Waals surface area contributed by atoms with Crippen LogP contribution in [-0.2, 0) is 19.1 Å². The number of carbonyl (C=O) groups excluding carboxylic acids is 2. The fraction of sp³-hybridized carbons (Fsp3) is 0.600. The minimum Gasteiger partial charge on any atom is -0.463 e. The third kappa shape index (κ3) is 4.63. The number of rotatable bonds is 5. The first-order valence-electron chi connectivity index (χ1n) is 4.81. The van der Waals surface area contributed by atoms with E-state index in [-0.39, 0.29) is 0 Å². The van der Waals surface area contributed by atoms with Gasteiger partial charge in [0.1, 0.15) is 3.58 Å². The Morgan fingerprint density at radius 2 is 1.47 bits per heavy atom. The third-order valence-corrected chi connectivity index (χ3v) is 2.69. The summed E-state index contributed by atoms with van der Waals surface area (Å²) >= 11 is 1.81. The molecular formula is C10H15IO4. The van der Waals surface area contributed by atoms with Gasteiger partial charge >= 0.3 is 11.9 Å². The van der Waals surface area contributed by atoms with Gasteiger partial charge in [-0.3, -0.25) is 0 Å². The van der Waals surface area contributed by atoms with E-state index in [9.17, 15) is 9.59 Å². The van der Waals surface area contributed by atoms with Crippen LogP contribution in [0.2, 0.25) is 0 Å². The molecule has 0 amide bonds. The molecule has 0 aliphatic rings. The van der Waals surface area contributed by atoms with Gasteiger partial charge in [-0.2, -0.15) is 0 Å². The van der Waals surface area contributed by atoms with E-state index in [0.29, 0.717) is 28.8 Å². The monoisotopic (exact) mass is 326 g/mol. The molecule has 0 saturated carbocycles. The lowest BCUT2D eigenvalue weighted by atomic mass is 10.2. The summed E-state index contributed by atoms with van der Waals surface area (Å²) in [6.07, 6.45) is 0.454. The standard InChI is InChI=1S/C10H15IO4/c1-4-7(9(12)14-5-2)8(11)10(13)15-6-3/h4-6H2,1-3H3/b8-7-. The van der Waals surface area contributed by atoms with Crippen LogP contribution in [-0.4, -0.2) is 25.2 Å². The van der Waals surface area contributed by atoms with Gasteiger partial charge in [0.05, 0.1) is 18.8 Å². The molecule has 4 nitrogen and oxygen atoms in total. The van der Waals surface area contributed by atoms with Crippen molar-refractivity contribution >= 4 is 34.5 Å². The molecule has 0 fully saturated rings. The van der Waals surface area contributed by atoms with E-state index < -0.39 is 11.9 Å². The number of halogens is 1. The molecule has 5 heteroatoms. The highest BCUT2D eigenvalue weighted by atomic mass is 127. The number of esters is 2. The van der Waals surface area contributed by atoms with Gasteiger partial charge in [-0.1, -0.05) is 6.92 Å². The zero-order valence-corrected chi connectivity index (χ0v) is 11.3. The van der Waals surface area contributed by atoms with E-state index >= 15 is 0 Å². The second kappa shape index (κ2) is 7.67. The first kappa shape index (κ1) is 14.4. The molecule has 0 aromatic rings. The number of hydrogen-bond acceptors (Lipinski definition) is 4. The molecule has 0 unspecified atom stereocenters. The van der Waals surface area contributed by atoms with Crippen molar-refractivity contribution < 1.29 is 19.1 Å². The average molecular weight is 326 g/mol. The Bertz CT molecular complexity index is 271. The Morgan fingerprint density at radius 1 is 1.00 bits per heavy atom. The van der Waals surface area contributed by atoms with Gasteiger partial charge in [0.15, 0.2) is 0 Å². The van der Waals surface area contributed by atoms with Gasteiger partial charge in [0.2, 0.25) is 0 Å². The van der Waals surface area contributed by atoms with Gasteiger partial charge < -0.3 is 9.47 Å². The highest BCUT2D eigenvalue weighted by molar-refractivity contribution is 14.1. The van der Waals surface area contributed by atoms with Crippen molar-refractivity contribution in [2.45, 2.75) is 27.2 Å². The summed E-state index contributed by atoms with van der Waals surface area (Å²) in [5.74, 6) is -0.916. The largest absolute Gasteiger partial charge is 0.463 e. The number of carbonyl (C=O) groups is 2. The fourth-order valence-corrected chi connectivity index (χ4v) is 1.68. The van der Waals surface area contributed by atoms with Crippen LogP contribution in [0, 0.1) is 0 Å². The molecule has 0 aliphatic heterocycles. The van der Waals surface area contributed by atoms with Crippen LogP contribution in [0.5, 0.6) is 0 Å². The van der Waals surface area contributed by atoms with E-state index in [2.05, 4.69) is 0 Å². The minimum absolute atomic E-state index is 0.297. The zero-order chi connectivity index (χ0) is 11.8. The van der Waals surface area contributed by atoms with Crippen molar-refractivity contribution in [2.75, 3.05) is 13.2 Å². The summed E-state index contributed by atoms with van der Waals surface area (Å²) in [5, 5.41) is 0. The molecule has 0 bridgehead atoms. The topological polar surface area (TPSA) is 52.6 Å². The number of hydrogen-bond donors (Lipinski definition) is 0. The van der Waals surface area contributed by atoms with Crippen molar-refractivity contribution in [3.63, 3.8) is 0 Å². The molecule has 0 spiro atoms. The van der Waals surface area contributed by atoms with Gasteiger partial charge in [0, 0.05) is 0 Å². The normalized spacial score (nSPS) is 11.7. The molecule has 15 heavy (non-hydrogen) atoms. The Hall–Kier alpha value is -0.590. The highest BCUT2D eigenvalue weighted by Crippen LogP contribution is 2.19. The summed E-state index contributed by atoms with van der Waals surface area (Å²) in [5.41, 5.74) is 0.371. The molecule has 0 atom stereocenters. The van der Waals surface area contributed by atoms with Crippen LogP contribution in [0.1, 0.15) is 27.2 Å². The Kier molecular flexibility index (Phi) is 7.37. The van der Waals surface area contributed by atoms with Gasteiger partial charge in [-0.15, -0.1) is 0 Å². The van der Waals surface area contributed by atoms with Gasteiger partial charge in [0.25, 0.3) is 0 Å². The lowest BCUT2D eigenvalue weighted by Crippen LogP contribution is -2.13. The van der Waals surface area contributed by atoms with Crippen LogP contribution in [0.15, 0.2) is 9.15 Å². The van der Waals surface area contributed by atoms with E-state index in [4.69, 9.17) is 9.47 Å². The molecule has 0 aliphatic carbocycles. The summed E-state index contributed by atoms with van der Waals surface area (Å²) in [7, 11) is 0. The smallest absolute Gasteiger partial charge is 0.344 e. The highest BCUT2D eigenvalue weighted by Gasteiger charge is 2.19. The molecule has 0 aromatic heterocycles. The summed E-state index contributed by atoms with van der Waals surface area (Å²) in [6.45, 7) is 5.84. The summed E-state index contributed by atoms with van der Waals surface area (Å²) in [6, 6.07) is 0. The molecule has 0 aromatic carbocycles. The molecule has 0 N–H and O–H groups in total. The van der Waals surface area contributed by atoms with E-state index in [0.717, 1.165) is 0 Å². The lowest BCUT2D eigenvalue weighted by molar-refractivity contribution is -0.141. The first-order valence-corrected chi connectivity index (χ1v) is 5.89. The van der Waals surface area contributed by atoms with Crippen LogP contribution in [0.3, 0.4) is 0 Å². The first-order chi connectivity index (χ1) is 7.08. The Balaban J connectivity index is 4.80. The van der Waals surface area contributed by atoms with Crippen LogP contribution >= 0.6 is 22.6 Å². The van der Waals surface area contributed by atoms with Crippen LogP contribution < -0.4 is 0 Å². The summed E-state index contributed by atoms with van der Waals surface area (Å²) in [4.78, 5) is 22.8. The average Bonchev–Trinajstić information content (AvgIpc) is 2.19. The van der Waals surface area contributed by atoms with Crippen molar-refractivity contribution in [3.05, 3.63) is 9.15 Å². The van der Waals surface area contributed by atoms with Crippen molar-refractivity contribution in [1.82, 2.24) is 0 Å². The quantitative estimate of drug-likeness (QED) is 0.442. The predicted octanol–water partition coefficient (Wildman–Crippen LogP) is 2.21. The van der Waals surface area contributed by atoms with E-state index in [1.807, 2.05) is 22.6 Å². The van der Waals surface area contributed by atoms with Gasteiger partial charge in [-0.05, 0) is 42.9 Å². The fourth-order valence-electron chi connectivity index (χ4n) is 0.925. The maximum absolute atomic E-state index is 11.4. The van der Waals surface area contributed by atoms with E-state index in [1.165, 1.54) is 0 Å². The summed E-state index contributed by atoms with van der Waals surface area (Å²) < 4.78 is 9.94. The zero-order valence-electron chi connectivity index (χ0n) is 9.13. The molecule has 0 rings (SSSR count). The maximum atomic E-state index is 11.4. The SMILES string of the molecule is CCOC(=O)/C(I)=C(\CC)C(=O)OCC. The van der Waals surface area contributed by atoms with Crippen molar-refractivity contribution in [2.24, 2.45) is 0 Å². The van der Waals surface area contributed by atoms with Crippen LogP contribution in [0.25, 0.3) is 0 Å². The second-order valence-electron chi connectivity index (χ2n) is 2.59. The number of ether oxygens (including phenoxy) is 2. The second-order valence-corrected chi connectivity index (χ2v) is 3.67. The lowest BCUT2D eigenvalue weighted by Gasteiger charge is -2.07. The van der Waals surface area contributed by atoms with Crippen molar-refractivity contribution in [3.8, 4) is 0 Å². The third-order valence-electron chi connectivity index (χ3n) is 1.59. The van der Waals surface area contributed by atoms with Gasteiger partial charge in [-0.25, -0.2) is 9.59 Å². The predicted molar refractivity (Wildman–Crippen MR) is 64.6 cm³/mol. The Morgan fingerprint density at radius 3 is 1.87 bits per heavy atom. The molecule has 0 heterocycles. The molecule has 86 valence electrons. The Labute approximate surface area is 103 Å². The molecular weight excluding hydrogens is 311 g/mol. The molecule has 0 saturated heterocycles. The maximum Gasteiger partial charge on any atom is 0.344 e. The van der Waals surface area contributed by atoms with Crippen molar-refractivity contribution in [1.29, 1.82) is 0 Å². The minimum atomic E-state index is -0.469.